The maximum absolute atomic E-state index is 13.4. The molecule has 0 unspecified atom stereocenters. The molecule has 0 bridgehead atoms. The lowest BCUT2D eigenvalue weighted by Gasteiger charge is -2.11. The molecule has 0 amide bonds. The largest absolute Gasteiger partial charge is 0.418 e. The van der Waals surface area contributed by atoms with Gasteiger partial charge in [-0.2, -0.15) is 13.2 Å². The fourth-order valence-electron chi connectivity index (χ4n) is 2.43. The Labute approximate surface area is 152 Å². The topological polar surface area (TPSA) is 4.93 Å². The summed E-state index contributed by atoms with van der Waals surface area (Å²) in [6, 6.07) is 9.29. The number of alkyl halides is 4. The number of thioether (sulfide) groups is 1. The molecule has 1 heterocycles. The predicted molar refractivity (Wildman–Crippen MR) is 99.3 cm³/mol. The number of halogens is 4. The molecular formula is C17H19F3INS. The number of hydrogen-bond acceptors (Lipinski definition) is 1. The van der Waals surface area contributed by atoms with Gasteiger partial charge in [-0.3, -0.25) is 0 Å². The summed E-state index contributed by atoms with van der Waals surface area (Å²) in [6.45, 7) is 0. The van der Waals surface area contributed by atoms with Gasteiger partial charge in [0.25, 0.3) is 0 Å². The maximum Gasteiger partial charge on any atom is 0.418 e. The van der Waals surface area contributed by atoms with E-state index in [1.165, 1.54) is 18.0 Å². The number of aryl methyl sites for hydroxylation is 1. The number of aromatic nitrogens is 1. The standard InChI is InChI=1S/C17H19F3INS/c1-22-12-14(17(18,19)20)16(23-11-7-3-6-10-21)15(22)13-8-4-2-5-9-13/h2,4-5,8-9,12H,3,6-7,10-11H2,1H3. The van der Waals surface area contributed by atoms with E-state index in [0.717, 1.165) is 29.3 Å². The second kappa shape index (κ2) is 8.46. The Hall–Kier alpha value is -0.630. The summed E-state index contributed by atoms with van der Waals surface area (Å²) < 4.78 is 42.8. The Morgan fingerprint density at radius 2 is 1.78 bits per heavy atom. The van der Waals surface area contributed by atoms with Gasteiger partial charge in [-0.15, -0.1) is 11.8 Å². The van der Waals surface area contributed by atoms with Crippen molar-refractivity contribution in [3.05, 3.63) is 42.1 Å². The molecule has 0 spiro atoms. The molecule has 0 fully saturated rings. The molecule has 1 aromatic heterocycles. The van der Waals surface area contributed by atoms with Crippen LogP contribution in [0.2, 0.25) is 0 Å². The normalized spacial score (nSPS) is 11.9. The number of rotatable bonds is 7. The van der Waals surface area contributed by atoms with Gasteiger partial charge in [-0.25, -0.2) is 0 Å². The summed E-state index contributed by atoms with van der Waals surface area (Å²) in [6.07, 6.45) is -0.00268. The first-order valence-electron chi connectivity index (χ1n) is 7.46. The van der Waals surface area contributed by atoms with E-state index >= 15 is 0 Å². The summed E-state index contributed by atoms with van der Waals surface area (Å²) >= 11 is 3.65. The third-order valence-electron chi connectivity index (χ3n) is 3.51. The Bertz CT molecular complexity index is 623. The van der Waals surface area contributed by atoms with E-state index in [9.17, 15) is 13.2 Å². The van der Waals surface area contributed by atoms with Gasteiger partial charge in [0, 0.05) is 18.1 Å². The first kappa shape index (κ1) is 18.7. The predicted octanol–water partition coefficient (Wildman–Crippen LogP) is 6.41. The smallest absolute Gasteiger partial charge is 0.349 e. The zero-order valence-electron chi connectivity index (χ0n) is 12.9. The SMILES string of the molecule is Cn1cc(C(F)(F)F)c(SCCCCCI)c1-c1ccccc1. The van der Waals surface area contributed by atoms with Crippen molar-refractivity contribution in [1.29, 1.82) is 0 Å². The molecule has 6 heteroatoms. The molecule has 0 aliphatic rings. The van der Waals surface area contributed by atoms with Crippen molar-refractivity contribution in [1.82, 2.24) is 4.57 Å². The molecule has 0 saturated heterocycles. The van der Waals surface area contributed by atoms with E-state index in [4.69, 9.17) is 0 Å². The van der Waals surface area contributed by atoms with Gasteiger partial charge in [-0.05, 0) is 28.6 Å². The molecule has 0 N–H and O–H groups in total. The minimum absolute atomic E-state index is 0.348. The average Bonchev–Trinajstić information content (AvgIpc) is 2.85. The van der Waals surface area contributed by atoms with Gasteiger partial charge in [-0.1, -0.05) is 59.3 Å². The molecule has 0 saturated carbocycles. The highest BCUT2D eigenvalue weighted by Gasteiger charge is 2.36. The van der Waals surface area contributed by atoms with Crippen LogP contribution in [0.3, 0.4) is 0 Å². The summed E-state index contributed by atoms with van der Waals surface area (Å²) in [5.41, 5.74) is 0.940. The minimum Gasteiger partial charge on any atom is -0.349 e. The summed E-state index contributed by atoms with van der Waals surface area (Å²) in [5.74, 6) is 0.712. The van der Waals surface area contributed by atoms with Crippen LogP contribution < -0.4 is 0 Å². The lowest BCUT2D eigenvalue weighted by molar-refractivity contribution is -0.139. The molecule has 2 aromatic rings. The van der Waals surface area contributed by atoms with Crippen molar-refractivity contribution in [3.63, 3.8) is 0 Å². The third-order valence-corrected chi connectivity index (χ3v) is 5.47. The van der Waals surface area contributed by atoms with Gasteiger partial charge < -0.3 is 4.57 Å². The zero-order valence-corrected chi connectivity index (χ0v) is 15.8. The Morgan fingerprint density at radius 1 is 1.09 bits per heavy atom. The van der Waals surface area contributed by atoms with Gasteiger partial charge in [0.05, 0.1) is 11.3 Å². The molecule has 126 valence electrons. The van der Waals surface area contributed by atoms with Crippen LogP contribution >= 0.6 is 34.4 Å². The second-order valence-corrected chi connectivity index (χ2v) is 7.48. The molecule has 2 rings (SSSR count). The number of nitrogens with zero attached hydrogens (tertiary/aromatic N) is 1. The van der Waals surface area contributed by atoms with E-state index < -0.39 is 11.7 Å². The van der Waals surface area contributed by atoms with Crippen LogP contribution in [0, 0.1) is 0 Å². The Kier molecular flexibility index (Phi) is 6.88. The van der Waals surface area contributed by atoms with Gasteiger partial charge in [0.15, 0.2) is 0 Å². The summed E-state index contributed by atoms with van der Waals surface area (Å²) in [7, 11) is 1.68. The molecule has 23 heavy (non-hydrogen) atoms. The zero-order chi connectivity index (χ0) is 16.9. The third kappa shape index (κ3) is 4.92. The fraction of sp³-hybridized carbons (Fsp3) is 0.412. The summed E-state index contributed by atoms with van der Waals surface area (Å²) in [5, 5.41) is 0. The molecule has 1 nitrogen and oxygen atoms in total. The van der Waals surface area contributed by atoms with E-state index in [1.54, 1.807) is 11.6 Å². The molecule has 0 aliphatic carbocycles. The quantitative estimate of drug-likeness (QED) is 0.203. The minimum atomic E-state index is -4.32. The van der Waals surface area contributed by atoms with Crippen molar-refractivity contribution >= 4 is 34.4 Å². The van der Waals surface area contributed by atoms with Crippen molar-refractivity contribution in [2.75, 3.05) is 10.2 Å². The highest BCUT2D eigenvalue weighted by molar-refractivity contribution is 14.1. The van der Waals surface area contributed by atoms with E-state index in [2.05, 4.69) is 22.6 Å². The lowest BCUT2D eigenvalue weighted by atomic mass is 10.1. The molecule has 0 aliphatic heterocycles. The van der Waals surface area contributed by atoms with Crippen LogP contribution in [-0.4, -0.2) is 14.7 Å². The van der Waals surface area contributed by atoms with Crippen LogP contribution in [0.5, 0.6) is 0 Å². The number of hydrogen-bond donors (Lipinski definition) is 0. The molecule has 0 radical (unpaired) electrons. The van der Waals surface area contributed by atoms with Crippen LogP contribution in [0.25, 0.3) is 11.3 Å². The number of unbranched alkanes of at least 4 members (excludes halogenated alkanes) is 2. The van der Waals surface area contributed by atoms with Gasteiger partial charge in [0.1, 0.15) is 0 Å². The van der Waals surface area contributed by atoms with E-state index in [0.29, 0.717) is 16.3 Å². The Balaban J connectivity index is 2.32. The van der Waals surface area contributed by atoms with Crippen molar-refractivity contribution in [2.24, 2.45) is 7.05 Å². The number of benzene rings is 1. The van der Waals surface area contributed by atoms with Crippen molar-refractivity contribution in [2.45, 2.75) is 30.3 Å². The van der Waals surface area contributed by atoms with Crippen LogP contribution in [0.1, 0.15) is 24.8 Å². The summed E-state index contributed by atoms with van der Waals surface area (Å²) in [4.78, 5) is 0.348. The van der Waals surface area contributed by atoms with Crippen LogP contribution in [-0.2, 0) is 13.2 Å². The van der Waals surface area contributed by atoms with E-state index in [-0.39, 0.29) is 0 Å². The fourth-order valence-corrected chi connectivity index (χ4v) is 4.25. The van der Waals surface area contributed by atoms with Crippen molar-refractivity contribution in [3.8, 4) is 11.3 Å². The van der Waals surface area contributed by atoms with Crippen LogP contribution in [0.4, 0.5) is 13.2 Å². The monoisotopic (exact) mass is 453 g/mol. The highest BCUT2D eigenvalue weighted by atomic mass is 127. The van der Waals surface area contributed by atoms with Crippen LogP contribution in [0.15, 0.2) is 41.4 Å². The van der Waals surface area contributed by atoms with Gasteiger partial charge >= 0.3 is 6.18 Å². The average molecular weight is 453 g/mol. The first-order chi connectivity index (χ1) is 10.9. The van der Waals surface area contributed by atoms with Gasteiger partial charge in [0.2, 0.25) is 0 Å². The second-order valence-electron chi connectivity index (χ2n) is 5.29. The van der Waals surface area contributed by atoms with Crippen molar-refractivity contribution < 1.29 is 13.2 Å². The maximum atomic E-state index is 13.4. The molecule has 1 aromatic carbocycles. The molecular weight excluding hydrogens is 434 g/mol. The lowest BCUT2D eigenvalue weighted by Crippen LogP contribution is -2.05. The van der Waals surface area contributed by atoms with E-state index in [1.807, 2.05) is 30.3 Å². The Morgan fingerprint density at radius 3 is 2.39 bits per heavy atom. The molecule has 0 atom stereocenters. The highest BCUT2D eigenvalue weighted by Crippen LogP contribution is 2.43. The first-order valence-corrected chi connectivity index (χ1v) is 9.97.